The summed E-state index contributed by atoms with van der Waals surface area (Å²) in [6, 6.07) is 10.4. The van der Waals surface area contributed by atoms with Gasteiger partial charge in [0.15, 0.2) is 0 Å². The molecule has 1 aromatic carbocycles. The van der Waals surface area contributed by atoms with E-state index in [0.717, 1.165) is 0 Å². The molecule has 0 atom stereocenters. The SMILES string of the molecule is Cc1ccccc1C.Cc1ccncc1C. The zero-order chi connectivity index (χ0) is 12.0. The zero-order valence-corrected chi connectivity index (χ0v) is 10.5. The van der Waals surface area contributed by atoms with Crippen molar-refractivity contribution in [2.75, 3.05) is 0 Å². The van der Waals surface area contributed by atoms with Gasteiger partial charge >= 0.3 is 0 Å². The van der Waals surface area contributed by atoms with Crippen molar-refractivity contribution < 1.29 is 0 Å². The van der Waals surface area contributed by atoms with E-state index in [1.807, 2.05) is 18.5 Å². The molecule has 16 heavy (non-hydrogen) atoms. The van der Waals surface area contributed by atoms with Crippen LogP contribution in [-0.2, 0) is 0 Å². The van der Waals surface area contributed by atoms with Crippen LogP contribution in [0, 0.1) is 27.7 Å². The van der Waals surface area contributed by atoms with Gasteiger partial charge in [-0.3, -0.25) is 4.98 Å². The summed E-state index contributed by atoms with van der Waals surface area (Å²) in [4.78, 5) is 3.95. The Bertz CT molecular complexity index is 361. The maximum atomic E-state index is 3.95. The minimum absolute atomic E-state index is 1.26. The Balaban J connectivity index is 0.000000160. The Morgan fingerprint density at radius 3 is 1.50 bits per heavy atom. The Labute approximate surface area is 98.2 Å². The van der Waals surface area contributed by atoms with Gasteiger partial charge in [0.25, 0.3) is 0 Å². The number of rotatable bonds is 0. The van der Waals surface area contributed by atoms with Crippen LogP contribution < -0.4 is 0 Å². The first-order valence-electron chi connectivity index (χ1n) is 5.50. The number of benzene rings is 1. The second-order valence-electron chi connectivity index (χ2n) is 4.04. The van der Waals surface area contributed by atoms with Gasteiger partial charge in [0.2, 0.25) is 0 Å². The van der Waals surface area contributed by atoms with Crippen molar-refractivity contribution in [2.24, 2.45) is 0 Å². The van der Waals surface area contributed by atoms with E-state index in [0.29, 0.717) is 0 Å². The van der Waals surface area contributed by atoms with E-state index >= 15 is 0 Å². The van der Waals surface area contributed by atoms with Crippen molar-refractivity contribution in [3.8, 4) is 0 Å². The molecule has 2 rings (SSSR count). The molecule has 0 aliphatic rings. The fraction of sp³-hybridized carbons (Fsp3) is 0.267. The van der Waals surface area contributed by atoms with Gasteiger partial charge < -0.3 is 0 Å². The fourth-order valence-corrected chi connectivity index (χ4v) is 1.21. The van der Waals surface area contributed by atoms with E-state index in [2.05, 4.69) is 56.9 Å². The minimum atomic E-state index is 1.26. The first-order chi connectivity index (χ1) is 7.61. The summed E-state index contributed by atoms with van der Waals surface area (Å²) in [6.45, 7) is 8.38. The van der Waals surface area contributed by atoms with Crippen LogP contribution in [0.25, 0.3) is 0 Å². The lowest BCUT2D eigenvalue weighted by molar-refractivity contribution is 1.22. The quantitative estimate of drug-likeness (QED) is 0.644. The van der Waals surface area contributed by atoms with E-state index < -0.39 is 0 Å². The Morgan fingerprint density at radius 1 is 0.688 bits per heavy atom. The molecule has 1 heterocycles. The maximum Gasteiger partial charge on any atom is 0.0299 e. The van der Waals surface area contributed by atoms with Gasteiger partial charge in [0.1, 0.15) is 0 Å². The average molecular weight is 213 g/mol. The standard InChI is InChI=1S/C8H10.C7H9N/c1-7-5-3-4-6-8(7)2;1-6-3-4-8-5-7(6)2/h3-6H,1-2H3;3-5H,1-2H3. The molecule has 0 fully saturated rings. The van der Waals surface area contributed by atoms with Crippen LogP contribution in [0.4, 0.5) is 0 Å². The van der Waals surface area contributed by atoms with Gasteiger partial charge in [-0.15, -0.1) is 0 Å². The summed E-state index contributed by atoms with van der Waals surface area (Å²) in [5.41, 5.74) is 5.30. The van der Waals surface area contributed by atoms with Crippen LogP contribution in [0.15, 0.2) is 42.7 Å². The molecule has 1 heteroatoms. The average Bonchev–Trinajstić information content (AvgIpc) is 2.28. The molecule has 1 nitrogen and oxygen atoms in total. The van der Waals surface area contributed by atoms with E-state index in [1.54, 1.807) is 0 Å². The highest BCUT2D eigenvalue weighted by Gasteiger charge is 1.85. The molecule has 0 saturated heterocycles. The second kappa shape index (κ2) is 6.06. The Morgan fingerprint density at radius 2 is 1.19 bits per heavy atom. The lowest BCUT2D eigenvalue weighted by atomic mass is 10.1. The van der Waals surface area contributed by atoms with Crippen molar-refractivity contribution in [3.63, 3.8) is 0 Å². The van der Waals surface area contributed by atoms with Crippen molar-refractivity contribution in [1.29, 1.82) is 0 Å². The predicted molar refractivity (Wildman–Crippen MR) is 69.6 cm³/mol. The molecule has 84 valence electrons. The number of aromatic nitrogens is 1. The summed E-state index contributed by atoms with van der Waals surface area (Å²) >= 11 is 0. The molecular formula is C15H19N. The molecule has 0 N–H and O–H groups in total. The van der Waals surface area contributed by atoms with E-state index in [4.69, 9.17) is 0 Å². The molecule has 1 aromatic heterocycles. The molecule has 0 unspecified atom stereocenters. The first-order valence-corrected chi connectivity index (χ1v) is 5.50. The van der Waals surface area contributed by atoms with Gasteiger partial charge in [-0.25, -0.2) is 0 Å². The van der Waals surface area contributed by atoms with Crippen LogP contribution >= 0.6 is 0 Å². The lowest BCUT2D eigenvalue weighted by Gasteiger charge is -1.93. The van der Waals surface area contributed by atoms with Gasteiger partial charge in [-0.05, 0) is 56.0 Å². The molecule has 0 spiro atoms. The predicted octanol–water partition coefficient (Wildman–Crippen LogP) is 4.00. The number of hydrogen-bond acceptors (Lipinski definition) is 1. The summed E-state index contributed by atoms with van der Waals surface area (Å²) in [7, 11) is 0. The Hall–Kier alpha value is -1.63. The number of hydrogen-bond donors (Lipinski definition) is 0. The van der Waals surface area contributed by atoms with Crippen molar-refractivity contribution in [3.05, 3.63) is 65.0 Å². The van der Waals surface area contributed by atoms with Crippen LogP contribution in [0.1, 0.15) is 22.3 Å². The molecule has 0 saturated carbocycles. The van der Waals surface area contributed by atoms with Crippen molar-refractivity contribution >= 4 is 0 Å². The van der Waals surface area contributed by atoms with E-state index in [-0.39, 0.29) is 0 Å². The van der Waals surface area contributed by atoms with Gasteiger partial charge in [0, 0.05) is 12.4 Å². The monoisotopic (exact) mass is 213 g/mol. The molecular weight excluding hydrogens is 194 g/mol. The van der Waals surface area contributed by atoms with Crippen molar-refractivity contribution in [1.82, 2.24) is 4.98 Å². The summed E-state index contributed by atoms with van der Waals surface area (Å²) in [5, 5.41) is 0. The van der Waals surface area contributed by atoms with Crippen LogP contribution in [0.3, 0.4) is 0 Å². The number of aryl methyl sites for hydroxylation is 4. The second-order valence-corrected chi connectivity index (χ2v) is 4.04. The normalized spacial score (nSPS) is 9.25. The molecule has 0 aliphatic carbocycles. The van der Waals surface area contributed by atoms with Gasteiger partial charge in [-0.2, -0.15) is 0 Å². The van der Waals surface area contributed by atoms with E-state index in [9.17, 15) is 0 Å². The van der Waals surface area contributed by atoms with Crippen LogP contribution in [-0.4, -0.2) is 4.98 Å². The summed E-state index contributed by atoms with van der Waals surface area (Å²) in [5.74, 6) is 0. The molecule has 0 amide bonds. The van der Waals surface area contributed by atoms with Gasteiger partial charge in [-0.1, -0.05) is 24.3 Å². The maximum absolute atomic E-state index is 3.95. The molecule has 2 aromatic rings. The third-order valence-electron chi connectivity index (χ3n) is 2.73. The largest absolute Gasteiger partial charge is 0.264 e. The topological polar surface area (TPSA) is 12.9 Å². The lowest BCUT2D eigenvalue weighted by Crippen LogP contribution is -1.78. The number of pyridine rings is 1. The minimum Gasteiger partial charge on any atom is -0.264 e. The Kier molecular flexibility index (Phi) is 4.71. The van der Waals surface area contributed by atoms with Crippen LogP contribution in [0.2, 0.25) is 0 Å². The third-order valence-corrected chi connectivity index (χ3v) is 2.73. The van der Waals surface area contributed by atoms with E-state index in [1.165, 1.54) is 22.3 Å². The smallest absolute Gasteiger partial charge is 0.0299 e. The highest BCUT2D eigenvalue weighted by atomic mass is 14.6. The summed E-state index contributed by atoms with van der Waals surface area (Å²) in [6.07, 6.45) is 3.68. The van der Waals surface area contributed by atoms with Gasteiger partial charge in [0.05, 0.1) is 0 Å². The highest BCUT2D eigenvalue weighted by molar-refractivity contribution is 5.23. The molecule has 0 aliphatic heterocycles. The number of nitrogens with zero attached hydrogens (tertiary/aromatic N) is 1. The highest BCUT2D eigenvalue weighted by Crippen LogP contribution is 2.02. The first kappa shape index (κ1) is 12.4. The molecule has 0 bridgehead atoms. The molecule has 0 radical (unpaired) electrons. The zero-order valence-electron chi connectivity index (χ0n) is 10.5. The summed E-state index contributed by atoms with van der Waals surface area (Å²) < 4.78 is 0. The third kappa shape index (κ3) is 3.85. The van der Waals surface area contributed by atoms with Crippen LogP contribution in [0.5, 0.6) is 0 Å². The van der Waals surface area contributed by atoms with Crippen molar-refractivity contribution in [2.45, 2.75) is 27.7 Å². The fourth-order valence-electron chi connectivity index (χ4n) is 1.21.